The number of benzene rings is 1. The predicted molar refractivity (Wildman–Crippen MR) is 79.3 cm³/mol. The first kappa shape index (κ1) is 15.5. The van der Waals surface area contributed by atoms with Crippen LogP contribution in [0.15, 0.2) is 29.2 Å². The Balaban J connectivity index is 2.26. The van der Waals surface area contributed by atoms with Gasteiger partial charge in [-0.15, -0.1) is 11.8 Å². The lowest BCUT2D eigenvalue weighted by atomic mass is 10.2. The van der Waals surface area contributed by atoms with E-state index in [1.54, 1.807) is 18.9 Å². The summed E-state index contributed by atoms with van der Waals surface area (Å²) in [7, 11) is 1.72. The second-order valence-electron chi connectivity index (χ2n) is 4.29. The Kier molecular flexibility index (Phi) is 8.09. The van der Waals surface area contributed by atoms with E-state index >= 15 is 0 Å². The first-order chi connectivity index (χ1) is 8.77. The minimum Gasteiger partial charge on any atom is -0.383 e. The van der Waals surface area contributed by atoms with Crippen LogP contribution in [0.2, 0.25) is 0 Å². The number of rotatable bonds is 9. The van der Waals surface area contributed by atoms with Gasteiger partial charge in [0.15, 0.2) is 0 Å². The van der Waals surface area contributed by atoms with Crippen LogP contribution in [-0.4, -0.2) is 39.1 Å². The molecule has 0 spiro atoms. The van der Waals surface area contributed by atoms with Crippen molar-refractivity contribution in [1.29, 1.82) is 0 Å². The third kappa shape index (κ3) is 5.87. The summed E-state index contributed by atoms with van der Waals surface area (Å²) >= 11 is 1.80. The van der Waals surface area contributed by atoms with E-state index in [-0.39, 0.29) is 0 Å². The van der Waals surface area contributed by atoms with E-state index in [4.69, 9.17) is 4.74 Å². The lowest BCUT2D eigenvalue weighted by molar-refractivity contribution is 0.198. The van der Waals surface area contributed by atoms with Crippen LogP contribution in [0.5, 0.6) is 0 Å². The highest BCUT2D eigenvalue weighted by atomic mass is 32.2. The molecule has 0 amide bonds. The van der Waals surface area contributed by atoms with E-state index in [9.17, 15) is 0 Å². The van der Waals surface area contributed by atoms with Gasteiger partial charge >= 0.3 is 0 Å². The Labute approximate surface area is 115 Å². The van der Waals surface area contributed by atoms with Crippen LogP contribution in [0.25, 0.3) is 0 Å². The summed E-state index contributed by atoms with van der Waals surface area (Å²) in [6.07, 6.45) is 2.12. The average Bonchev–Trinajstić information content (AvgIpc) is 2.41. The maximum absolute atomic E-state index is 5.00. The minimum atomic E-state index is 0.455. The van der Waals surface area contributed by atoms with E-state index in [1.165, 1.54) is 10.5 Å². The fraction of sp³-hybridized carbons (Fsp3) is 0.571. The highest BCUT2D eigenvalue weighted by molar-refractivity contribution is 7.98. The van der Waals surface area contributed by atoms with Crippen molar-refractivity contribution in [3.63, 3.8) is 0 Å². The van der Waals surface area contributed by atoms with Crippen molar-refractivity contribution in [2.75, 3.05) is 33.1 Å². The zero-order chi connectivity index (χ0) is 13.2. The molecule has 1 aromatic carbocycles. The molecule has 4 heteroatoms. The Morgan fingerprint density at radius 2 is 2.11 bits per heavy atom. The summed E-state index contributed by atoms with van der Waals surface area (Å²) in [5.74, 6) is 0. The molecule has 0 aliphatic carbocycles. The molecule has 2 N–H and O–H groups in total. The monoisotopic (exact) mass is 268 g/mol. The van der Waals surface area contributed by atoms with Gasteiger partial charge in [0.05, 0.1) is 6.61 Å². The summed E-state index contributed by atoms with van der Waals surface area (Å²) in [5, 5.41) is 6.89. The molecule has 0 radical (unpaired) electrons. The van der Waals surface area contributed by atoms with Gasteiger partial charge in [-0.05, 0) is 24.8 Å². The number of thioether (sulfide) groups is 1. The van der Waals surface area contributed by atoms with Gasteiger partial charge in [-0.1, -0.05) is 18.2 Å². The second kappa shape index (κ2) is 9.39. The van der Waals surface area contributed by atoms with Crippen LogP contribution >= 0.6 is 11.8 Å². The molecule has 0 heterocycles. The molecule has 1 aromatic rings. The first-order valence-electron chi connectivity index (χ1n) is 6.33. The van der Waals surface area contributed by atoms with E-state index < -0.39 is 0 Å². The highest BCUT2D eigenvalue weighted by Crippen LogP contribution is 2.19. The molecule has 0 aliphatic rings. The van der Waals surface area contributed by atoms with E-state index in [2.05, 4.69) is 48.1 Å². The minimum absolute atomic E-state index is 0.455. The molecular weight excluding hydrogens is 244 g/mol. The van der Waals surface area contributed by atoms with Crippen LogP contribution < -0.4 is 10.6 Å². The smallest absolute Gasteiger partial charge is 0.0587 e. The maximum atomic E-state index is 5.00. The summed E-state index contributed by atoms with van der Waals surface area (Å²) in [4.78, 5) is 1.35. The molecular formula is C14H24N2OS. The molecule has 102 valence electrons. The van der Waals surface area contributed by atoms with Crippen LogP contribution in [0, 0.1) is 0 Å². The van der Waals surface area contributed by atoms with Crippen LogP contribution in [0.4, 0.5) is 0 Å². The van der Waals surface area contributed by atoms with Gasteiger partial charge in [0.1, 0.15) is 0 Å². The molecule has 0 bridgehead atoms. The van der Waals surface area contributed by atoms with Gasteiger partial charge in [0.2, 0.25) is 0 Å². The predicted octanol–water partition coefficient (Wildman–Crippen LogP) is 2.12. The van der Waals surface area contributed by atoms with Crippen molar-refractivity contribution in [2.24, 2.45) is 0 Å². The third-order valence-electron chi connectivity index (χ3n) is 2.77. The van der Waals surface area contributed by atoms with Crippen molar-refractivity contribution in [3.8, 4) is 0 Å². The van der Waals surface area contributed by atoms with Crippen molar-refractivity contribution in [2.45, 2.75) is 24.4 Å². The van der Waals surface area contributed by atoms with Crippen molar-refractivity contribution < 1.29 is 4.74 Å². The Morgan fingerprint density at radius 1 is 1.33 bits per heavy atom. The molecule has 1 unspecified atom stereocenters. The maximum Gasteiger partial charge on any atom is 0.0587 e. The molecule has 3 nitrogen and oxygen atoms in total. The largest absolute Gasteiger partial charge is 0.383 e. The highest BCUT2D eigenvalue weighted by Gasteiger charge is 2.03. The summed E-state index contributed by atoms with van der Waals surface area (Å²) < 4.78 is 5.00. The summed E-state index contributed by atoms with van der Waals surface area (Å²) in [5.41, 5.74) is 1.37. The normalized spacial score (nSPS) is 12.6. The quantitative estimate of drug-likeness (QED) is 0.531. The van der Waals surface area contributed by atoms with Crippen LogP contribution in [0.1, 0.15) is 12.5 Å². The molecule has 1 atom stereocenters. The Hall–Kier alpha value is -0.550. The molecule has 0 fully saturated rings. The number of methoxy groups -OCH3 is 1. The van der Waals surface area contributed by atoms with E-state index in [1.807, 2.05) is 0 Å². The fourth-order valence-electron chi connectivity index (χ4n) is 1.70. The van der Waals surface area contributed by atoms with Gasteiger partial charge in [-0.25, -0.2) is 0 Å². The zero-order valence-corrected chi connectivity index (χ0v) is 12.3. The molecule has 0 saturated heterocycles. The van der Waals surface area contributed by atoms with Gasteiger partial charge in [0.25, 0.3) is 0 Å². The lowest BCUT2D eigenvalue weighted by Gasteiger charge is -2.16. The number of hydrogen-bond donors (Lipinski definition) is 2. The van der Waals surface area contributed by atoms with E-state index in [0.29, 0.717) is 6.04 Å². The standard InChI is InChI=1S/C14H24N2OS/c1-12(10-15-8-9-17-2)16-11-13-6-4-5-7-14(13)18-3/h4-7,12,15-16H,8-11H2,1-3H3. The lowest BCUT2D eigenvalue weighted by Crippen LogP contribution is -2.37. The number of hydrogen-bond acceptors (Lipinski definition) is 4. The van der Waals surface area contributed by atoms with Crippen molar-refractivity contribution >= 4 is 11.8 Å². The SMILES string of the molecule is COCCNCC(C)NCc1ccccc1SC. The van der Waals surface area contributed by atoms with E-state index in [0.717, 1.165) is 26.2 Å². The van der Waals surface area contributed by atoms with Crippen LogP contribution in [0.3, 0.4) is 0 Å². The average molecular weight is 268 g/mol. The Bertz CT molecular complexity index is 333. The molecule has 0 saturated carbocycles. The number of ether oxygens (including phenoxy) is 1. The third-order valence-corrected chi connectivity index (χ3v) is 3.61. The molecule has 0 aliphatic heterocycles. The summed E-state index contributed by atoms with van der Waals surface area (Å²) in [6.45, 7) is 5.75. The van der Waals surface area contributed by atoms with Crippen molar-refractivity contribution in [1.82, 2.24) is 10.6 Å². The Morgan fingerprint density at radius 3 is 2.83 bits per heavy atom. The fourth-order valence-corrected chi connectivity index (χ4v) is 2.32. The van der Waals surface area contributed by atoms with Crippen LogP contribution in [-0.2, 0) is 11.3 Å². The molecule has 0 aromatic heterocycles. The van der Waals surface area contributed by atoms with Gasteiger partial charge in [0, 0.05) is 37.7 Å². The van der Waals surface area contributed by atoms with Crippen molar-refractivity contribution in [3.05, 3.63) is 29.8 Å². The molecule has 18 heavy (non-hydrogen) atoms. The summed E-state index contributed by atoms with van der Waals surface area (Å²) in [6, 6.07) is 8.99. The van der Waals surface area contributed by atoms with Gasteiger partial charge in [-0.2, -0.15) is 0 Å². The second-order valence-corrected chi connectivity index (χ2v) is 5.14. The van der Waals surface area contributed by atoms with Gasteiger partial charge in [-0.3, -0.25) is 0 Å². The zero-order valence-electron chi connectivity index (χ0n) is 11.5. The van der Waals surface area contributed by atoms with Gasteiger partial charge < -0.3 is 15.4 Å². The first-order valence-corrected chi connectivity index (χ1v) is 7.55. The number of nitrogens with one attached hydrogen (secondary N) is 2. The molecule has 1 rings (SSSR count). The topological polar surface area (TPSA) is 33.3 Å².